The Morgan fingerprint density at radius 2 is 2.00 bits per heavy atom. The van der Waals surface area contributed by atoms with Gasteiger partial charge in [-0.25, -0.2) is 19.3 Å². The van der Waals surface area contributed by atoms with Crippen LogP contribution in [0.2, 0.25) is 0 Å². The Bertz CT molecular complexity index is 1090. The first-order valence-electron chi connectivity index (χ1n) is 10.9. The van der Waals surface area contributed by atoms with Crippen LogP contribution in [0.25, 0.3) is 22.2 Å². The average molecular weight is 423 g/mol. The summed E-state index contributed by atoms with van der Waals surface area (Å²) in [5, 5.41) is 3.78. The molecule has 1 aromatic carbocycles. The molecule has 7 nitrogen and oxygen atoms in total. The van der Waals surface area contributed by atoms with Crippen LogP contribution in [-0.4, -0.2) is 51.6 Å². The zero-order valence-electron chi connectivity index (χ0n) is 17.6. The first kappa shape index (κ1) is 20.1. The van der Waals surface area contributed by atoms with Crippen LogP contribution in [-0.2, 0) is 4.79 Å². The maximum absolute atomic E-state index is 13.0. The van der Waals surface area contributed by atoms with Gasteiger partial charge >= 0.3 is 0 Å². The molecule has 1 saturated carbocycles. The Kier molecular flexibility index (Phi) is 5.40. The highest BCUT2D eigenvalue weighted by Crippen LogP contribution is 2.31. The molecule has 2 fully saturated rings. The number of benzene rings is 1. The number of hydrogen-bond donors (Lipinski definition) is 1. The number of nitrogens with zero attached hydrogens (tertiary/aromatic N) is 4. The van der Waals surface area contributed by atoms with Gasteiger partial charge in [0.15, 0.2) is 11.7 Å². The van der Waals surface area contributed by atoms with E-state index < -0.39 is 6.17 Å². The van der Waals surface area contributed by atoms with Gasteiger partial charge in [-0.3, -0.25) is 15.0 Å². The molecule has 0 bridgehead atoms. The van der Waals surface area contributed by atoms with Crippen LogP contribution in [0.5, 0.6) is 0 Å². The van der Waals surface area contributed by atoms with Gasteiger partial charge in [0.05, 0.1) is 11.7 Å². The molecule has 2 aliphatic rings. The zero-order chi connectivity index (χ0) is 21.4. The predicted octanol–water partition coefficient (Wildman–Crippen LogP) is 3.99. The number of anilines is 1. The molecule has 1 aliphatic carbocycles. The quantitative estimate of drug-likeness (QED) is 0.668. The van der Waals surface area contributed by atoms with E-state index in [-0.39, 0.29) is 11.8 Å². The zero-order valence-corrected chi connectivity index (χ0v) is 17.6. The summed E-state index contributed by atoms with van der Waals surface area (Å²) in [4.78, 5) is 27.9. The van der Waals surface area contributed by atoms with Crippen LogP contribution in [0.4, 0.5) is 10.3 Å². The van der Waals surface area contributed by atoms with E-state index in [9.17, 15) is 9.18 Å². The number of aryl methyl sites for hydroxylation is 1. The summed E-state index contributed by atoms with van der Waals surface area (Å²) in [5.74, 6) is 2.13. The molecule has 0 unspecified atom stereocenters. The summed E-state index contributed by atoms with van der Waals surface area (Å²) in [7, 11) is 0. The van der Waals surface area contributed by atoms with Crippen LogP contribution in [0.1, 0.15) is 31.6 Å². The minimum atomic E-state index is -0.653. The maximum Gasteiger partial charge on any atom is 0.229 e. The van der Waals surface area contributed by atoms with E-state index in [1.807, 2.05) is 18.2 Å². The van der Waals surface area contributed by atoms with Crippen molar-refractivity contribution >= 4 is 22.8 Å². The summed E-state index contributed by atoms with van der Waals surface area (Å²) < 4.78 is 18.6. The van der Waals surface area contributed by atoms with Crippen LogP contribution < -0.4 is 5.32 Å². The van der Waals surface area contributed by atoms with Crippen molar-refractivity contribution in [3.63, 3.8) is 0 Å². The smallest absolute Gasteiger partial charge is 0.229 e. The molecule has 31 heavy (non-hydrogen) atoms. The summed E-state index contributed by atoms with van der Waals surface area (Å²) in [5.41, 5.74) is 1.62. The van der Waals surface area contributed by atoms with E-state index in [4.69, 9.17) is 4.42 Å². The number of rotatable bonds is 5. The molecule has 8 heteroatoms. The molecular weight excluding hydrogens is 397 g/mol. The number of hydrogen-bond acceptors (Lipinski definition) is 6. The number of likely N-dealkylation sites (tertiary alicyclic amines) is 1. The lowest BCUT2D eigenvalue weighted by atomic mass is 9.81. The number of carbonyl (C=O) groups is 1. The number of nitrogens with one attached hydrogen (secondary N) is 1. The number of amides is 1. The van der Waals surface area contributed by atoms with Gasteiger partial charge in [-0.1, -0.05) is 12.1 Å². The van der Waals surface area contributed by atoms with Crippen molar-refractivity contribution in [3.8, 4) is 11.3 Å². The third-order valence-corrected chi connectivity index (χ3v) is 6.37. The summed E-state index contributed by atoms with van der Waals surface area (Å²) >= 11 is 0. The van der Waals surface area contributed by atoms with Gasteiger partial charge < -0.3 is 4.42 Å². The topological polar surface area (TPSA) is 84.2 Å². The normalized spacial score (nSPS) is 22.4. The van der Waals surface area contributed by atoms with E-state index in [2.05, 4.69) is 25.2 Å². The fraction of sp³-hybridized carbons (Fsp3) is 0.478. The predicted molar refractivity (Wildman–Crippen MR) is 115 cm³/mol. The molecule has 3 heterocycles. The van der Waals surface area contributed by atoms with E-state index in [1.54, 1.807) is 19.3 Å². The highest BCUT2D eigenvalue weighted by Gasteiger charge is 2.31. The Balaban J connectivity index is 1.21. The summed E-state index contributed by atoms with van der Waals surface area (Å²) in [6.45, 7) is 3.89. The fourth-order valence-electron chi connectivity index (χ4n) is 4.57. The Hall–Kier alpha value is -2.87. The number of carbonyl (C=O) groups excluding carboxylic acids is 1. The molecule has 0 atom stereocenters. The number of aromatic nitrogens is 3. The molecular formula is C23H26FN5O2. The monoisotopic (exact) mass is 423 g/mol. The second kappa shape index (κ2) is 8.34. The third-order valence-electron chi connectivity index (χ3n) is 6.37. The highest BCUT2D eigenvalue weighted by molar-refractivity contribution is 5.92. The molecule has 162 valence electrons. The Morgan fingerprint density at radius 3 is 2.71 bits per heavy atom. The van der Waals surface area contributed by atoms with Gasteiger partial charge in [0.25, 0.3) is 0 Å². The van der Waals surface area contributed by atoms with Gasteiger partial charge in [-0.05, 0) is 37.7 Å². The van der Waals surface area contributed by atoms with Crippen LogP contribution in [0.15, 0.2) is 35.0 Å². The van der Waals surface area contributed by atoms with Crippen LogP contribution in [0, 0.1) is 18.8 Å². The van der Waals surface area contributed by atoms with Crippen molar-refractivity contribution in [3.05, 3.63) is 36.5 Å². The lowest BCUT2D eigenvalue weighted by molar-refractivity contribution is -0.121. The largest absolute Gasteiger partial charge is 0.441 e. The van der Waals surface area contributed by atoms with Crippen molar-refractivity contribution in [1.29, 1.82) is 0 Å². The number of fused-ring (bicyclic) bond motifs is 1. The minimum Gasteiger partial charge on any atom is -0.441 e. The molecule has 1 saturated heterocycles. The van der Waals surface area contributed by atoms with Gasteiger partial charge in [-0.2, -0.15) is 0 Å². The molecule has 0 radical (unpaired) electrons. The molecule has 1 N–H and O–H groups in total. The van der Waals surface area contributed by atoms with Crippen molar-refractivity contribution in [1.82, 2.24) is 19.9 Å². The van der Waals surface area contributed by atoms with Gasteiger partial charge in [0, 0.05) is 49.6 Å². The first-order chi connectivity index (χ1) is 15.0. The molecule has 3 aromatic rings. The molecule has 0 spiro atoms. The SMILES string of the molecule is Cc1ncc(-c2ccc3cnc(NC(=O)[C@H]4CC[C@H](CN5CC(F)C5)CC4)nc3c2)o1. The Labute approximate surface area is 180 Å². The number of oxazole rings is 1. The van der Waals surface area contributed by atoms with Gasteiger partial charge in [-0.15, -0.1) is 0 Å². The first-order valence-corrected chi connectivity index (χ1v) is 10.9. The lowest BCUT2D eigenvalue weighted by Gasteiger charge is -2.38. The minimum absolute atomic E-state index is 0.0208. The number of halogens is 1. The van der Waals surface area contributed by atoms with Crippen molar-refractivity contribution in [2.24, 2.45) is 11.8 Å². The number of alkyl halides is 1. The van der Waals surface area contributed by atoms with E-state index in [0.717, 1.165) is 48.7 Å². The maximum atomic E-state index is 13.0. The lowest BCUT2D eigenvalue weighted by Crippen LogP contribution is -2.50. The van der Waals surface area contributed by atoms with Crippen molar-refractivity contribution in [2.45, 2.75) is 38.8 Å². The van der Waals surface area contributed by atoms with Crippen LogP contribution in [0.3, 0.4) is 0 Å². The fourth-order valence-corrected chi connectivity index (χ4v) is 4.57. The molecule has 1 amide bonds. The standard InChI is InChI=1S/C23H26FN5O2/c1-14-25-10-21(31-14)17-6-7-18-9-26-23(27-20(18)8-17)28-22(30)16-4-2-15(3-5-16)11-29-12-19(24)13-29/h6-10,15-16,19H,2-5,11-13H2,1H3,(H,26,27,28,30)/t15-,16-. The van der Waals surface area contributed by atoms with Crippen molar-refractivity contribution in [2.75, 3.05) is 25.0 Å². The van der Waals surface area contributed by atoms with Gasteiger partial charge in [0.2, 0.25) is 11.9 Å². The van der Waals surface area contributed by atoms with E-state index in [1.165, 1.54) is 0 Å². The van der Waals surface area contributed by atoms with Crippen LogP contribution >= 0.6 is 0 Å². The van der Waals surface area contributed by atoms with E-state index in [0.29, 0.717) is 36.6 Å². The molecule has 5 rings (SSSR count). The second-order valence-electron chi connectivity index (χ2n) is 8.73. The third kappa shape index (κ3) is 4.44. The molecule has 2 aromatic heterocycles. The average Bonchev–Trinajstić information content (AvgIpc) is 3.19. The summed E-state index contributed by atoms with van der Waals surface area (Å²) in [6.07, 6.45) is 6.47. The van der Waals surface area contributed by atoms with Gasteiger partial charge in [0.1, 0.15) is 6.17 Å². The highest BCUT2D eigenvalue weighted by atomic mass is 19.1. The Morgan fingerprint density at radius 1 is 1.19 bits per heavy atom. The molecule has 1 aliphatic heterocycles. The summed E-state index contributed by atoms with van der Waals surface area (Å²) in [6, 6.07) is 5.78. The second-order valence-corrected chi connectivity index (χ2v) is 8.73. The van der Waals surface area contributed by atoms with Crippen molar-refractivity contribution < 1.29 is 13.6 Å². The van der Waals surface area contributed by atoms with E-state index >= 15 is 0 Å².